The van der Waals surface area contributed by atoms with Gasteiger partial charge in [0.2, 0.25) is 0 Å². The van der Waals surface area contributed by atoms with Crippen molar-refractivity contribution in [3.63, 3.8) is 0 Å². The number of benzene rings is 1. The molecule has 1 saturated carbocycles. The third-order valence-corrected chi connectivity index (χ3v) is 6.69. The molecule has 1 aliphatic heterocycles. The van der Waals surface area contributed by atoms with Crippen molar-refractivity contribution >= 4 is 16.6 Å². The van der Waals surface area contributed by atoms with Crippen LogP contribution >= 0.6 is 0 Å². The summed E-state index contributed by atoms with van der Waals surface area (Å²) in [6.45, 7) is 4.05. The zero-order chi connectivity index (χ0) is 20.9. The quantitative estimate of drug-likeness (QED) is 0.396. The van der Waals surface area contributed by atoms with Gasteiger partial charge in [0.1, 0.15) is 0 Å². The highest BCUT2D eigenvalue weighted by Crippen LogP contribution is 2.35. The molecule has 0 radical (unpaired) electrons. The van der Waals surface area contributed by atoms with Crippen LogP contribution in [0.1, 0.15) is 51.0 Å². The first-order chi connectivity index (χ1) is 14.6. The normalized spacial score (nSPS) is 23.0. The lowest BCUT2D eigenvalue weighted by atomic mass is 9.86. The van der Waals surface area contributed by atoms with Gasteiger partial charge < -0.3 is 14.8 Å². The molecule has 0 atom stereocenters. The maximum absolute atomic E-state index is 11.3. The number of hydrogen-bond acceptors (Lipinski definition) is 6. The van der Waals surface area contributed by atoms with Crippen LogP contribution in [0.15, 0.2) is 18.3 Å². The molecule has 164 valence electrons. The van der Waals surface area contributed by atoms with Gasteiger partial charge in [0.15, 0.2) is 5.75 Å². The Morgan fingerprint density at radius 1 is 1.17 bits per heavy atom. The summed E-state index contributed by atoms with van der Waals surface area (Å²) in [6, 6.07) is 3.55. The van der Waals surface area contributed by atoms with Crippen molar-refractivity contribution < 1.29 is 14.4 Å². The molecule has 1 saturated heterocycles. The van der Waals surface area contributed by atoms with Gasteiger partial charge in [0, 0.05) is 36.9 Å². The van der Waals surface area contributed by atoms with Crippen LogP contribution in [-0.2, 0) is 4.74 Å². The number of nitrogens with zero attached hydrogens (tertiary/aromatic N) is 3. The number of fused-ring (bicyclic) bond motifs is 1. The fraction of sp³-hybridized carbons (Fsp3) is 0.682. The number of nitrogens with one attached hydrogen (secondary N) is 1. The SMILES string of the molecule is COc1cc2nn(C3CCC(COCCC4CCNCC4)CC3)cc2cc1[N+](=O)[O-]. The third-order valence-electron chi connectivity index (χ3n) is 6.69. The fourth-order valence-corrected chi connectivity index (χ4v) is 4.80. The first kappa shape index (κ1) is 21.1. The molecular formula is C22H32N4O4. The van der Waals surface area contributed by atoms with E-state index in [9.17, 15) is 10.1 Å². The number of piperidine rings is 1. The molecule has 2 fully saturated rings. The molecule has 2 aliphatic rings. The average Bonchev–Trinajstić information content (AvgIpc) is 3.20. The smallest absolute Gasteiger partial charge is 0.311 e. The van der Waals surface area contributed by atoms with E-state index in [1.165, 1.54) is 26.4 Å². The highest BCUT2D eigenvalue weighted by molar-refractivity contribution is 5.83. The van der Waals surface area contributed by atoms with Crippen molar-refractivity contribution in [3.05, 3.63) is 28.4 Å². The summed E-state index contributed by atoms with van der Waals surface area (Å²) >= 11 is 0. The largest absolute Gasteiger partial charge is 0.490 e. The molecule has 8 nitrogen and oxygen atoms in total. The zero-order valence-corrected chi connectivity index (χ0v) is 17.7. The predicted octanol–water partition coefficient (Wildman–Crippen LogP) is 4.09. The number of methoxy groups -OCH3 is 1. The summed E-state index contributed by atoms with van der Waals surface area (Å²) in [4.78, 5) is 10.8. The zero-order valence-electron chi connectivity index (χ0n) is 17.7. The maximum atomic E-state index is 11.3. The number of ether oxygens (including phenoxy) is 2. The van der Waals surface area contributed by atoms with Crippen LogP contribution in [-0.4, -0.2) is 48.1 Å². The fourth-order valence-electron chi connectivity index (χ4n) is 4.80. The molecule has 4 rings (SSSR count). The van der Waals surface area contributed by atoms with E-state index in [1.54, 1.807) is 12.1 Å². The molecule has 2 aromatic rings. The summed E-state index contributed by atoms with van der Waals surface area (Å²) in [5.41, 5.74) is 0.718. The van der Waals surface area contributed by atoms with Crippen molar-refractivity contribution in [1.82, 2.24) is 15.1 Å². The Balaban J connectivity index is 1.27. The van der Waals surface area contributed by atoms with Gasteiger partial charge in [-0.2, -0.15) is 5.10 Å². The molecule has 0 bridgehead atoms. The van der Waals surface area contributed by atoms with Crippen LogP contribution in [0.2, 0.25) is 0 Å². The van der Waals surface area contributed by atoms with Crippen LogP contribution in [0.3, 0.4) is 0 Å². The lowest BCUT2D eigenvalue weighted by Gasteiger charge is -2.29. The second-order valence-corrected chi connectivity index (χ2v) is 8.68. The van der Waals surface area contributed by atoms with Crippen LogP contribution in [0, 0.1) is 22.0 Å². The summed E-state index contributed by atoms with van der Waals surface area (Å²) in [7, 11) is 1.45. The van der Waals surface area contributed by atoms with Crippen LogP contribution in [0.5, 0.6) is 5.75 Å². The highest BCUT2D eigenvalue weighted by atomic mass is 16.6. The van der Waals surface area contributed by atoms with Gasteiger partial charge in [-0.3, -0.25) is 14.8 Å². The first-order valence-corrected chi connectivity index (χ1v) is 11.1. The van der Waals surface area contributed by atoms with E-state index in [-0.39, 0.29) is 11.4 Å². The van der Waals surface area contributed by atoms with Gasteiger partial charge in [0.25, 0.3) is 0 Å². The summed E-state index contributed by atoms with van der Waals surface area (Å²) in [5.74, 6) is 1.70. The number of aromatic nitrogens is 2. The van der Waals surface area contributed by atoms with E-state index in [0.717, 1.165) is 68.8 Å². The molecule has 1 aromatic heterocycles. The second kappa shape index (κ2) is 9.75. The van der Waals surface area contributed by atoms with E-state index in [4.69, 9.17) is 9.47 Å². The highest BCUT2D eigenvalue weighted by Gasteiger charge is 2.25. The predicted molar refractivity (Wildman–Crippen MR) is 115 cm³/mol. The van der Waals surface area contributed by atoms with E-state index in [0.29, 0.717) is 12.0 Å². The monoisotopic (exact) mass is 416 g/mol. The Morgan fingerprint density at radius 2 is 1.93 bits per heavy atom. The standard InChI is InChI=1S/C22H32N4O4/c1-29-22-13-20-18(12-21(22)26(27)28)14-25(24-20)19-4-2-17(3-5-19)15-30-11-8-16-6-9-23-10-7-16/h12-14,16-17,19,23H,2-11,15H2,1H3. The number of nitro groups is 1. The van der Waals surface area contributed by atoms with Gasteiger partial charge in [0.05, 0.1) is 23.6 Å². The molecule has 30 heavy (non-hydrogen) atoms. The third kappa shape index (κ3) is 4.92. The Labute approximate surface area is 177 Å². The van der Waals surface area contributed by atoms with E-state index >= 15 is 0 Å². The van der Waals surface area contributed by atoms with Crippen molar-refractivity contribution in [3.8, 4) is 5.75 Å². The minimum absolute atomic E-state index is 0.0186. The van der Waals surface area contributed by atoms with Gasteiger partial charge in [-0.1, -0.05) is 0 Å². The lowest BCUT2D eigenvalue weighted by molar-refractivity contribution is -0.385. The van der Waals surface area contributed by atoms with Crippen molar-refractivity contribution in [2.45, 2.75) is 51.0 Å². The van der Waals surface area contributed by atoms with Crippen LogP contribution in [0.25, 0.3) is 10.9 Å². The lowest BCUT2D eigenvalue weighted by Crippen LogP contribution is -2.28. The molecule has 1 aromatic carbocycles. The summed E-state index contributed by atoms with van der Waals surface area (Å²) in [6.07, 6.45) is 10.1. The summed E-state index contributed by atoms with van der Waals surface area (Å²) < 4.78 is 13.2. The number of nitro benzene ring substituents is 1. The molecule has 0 unspecified atom stereocenters. The summed E-state index contributed by atoms with van der Waals surface area (Å²) in [5, 5.41) is 20.1. The van der Waals surface area contributed by atoms with Crippen molar-refractivity contribution in [1.29, 1.82) is 0 Å². The van der Waals surface area contributed by atoms with Crippen molar-refractivity contribution in [2.24, 2.45) is 11.8 Å². The topological polar surface area (TPSA) is 91.5 Å². The molecule has 0 spiro atoms. The molecule has 1 N–H and O–H groups in total. The minimum atomic E-state index is -0.411. The molecule has 1 aliphatic carbocycles. The van der Waals surface area contributed by atoms with Gasteiger partial charge in [-0.15, -0.1) is 0 Å². The van der Waals surface area contributed by atoms with E-state index in [2.05, 4.69) is 10.4 Å². The number of hydrogen-bond donors (Lipinski definition) is 1. The molecule has 0 amide bonds. The molecule has 8 heteroatoms. The average molecular weight is 417 g/mol. The van der Waals surface area contributed by atoms with Crippen LogP contribution in [0.4, 0.5) is 5.69 Å². The first-order valence-electron chi connectivity index (χ1n) is 11.1. The van der Waals surface area contributed by atoms with Gasteiger partial charge in [-0.05, 0) is 69.9 Å². The Hall–Kier alpha value is -2.19. The molecular weight excluding hydrogens is 384 g/mol. The van der Waals surface area contributed by atoms with E-state index in [1.807, 2.05) is 10.9 Å². The van der Waals surface area contributed by atoms with E-state index < -0.39 is 4.92 Å². The Morgan fingerprint density at radius 3 is 2.63 bits per heavy atom. The molecule has 2 heterocycles. The van der Waals surface area contributed by atoms with Gasteiger partial charge >= 0.3 is 5.69 Å². The minimum Gasteiger partial charge on any atom is -0.490 e. The van der Waals surface area contributed by atoms with Gasteiger partial charge in [-0.25, -0.2) is 0 Å². The van der Waals surface area contributed by atoms with Crippen LogP contribution < -0.4 is 10.1 Å². The van der Waals surface area contributed by atoms with Crippen molar-refractivity contribution in [2.75, 3.05) is 33.4 Å². The number of rotatable bonds is 8. The Kier molecular flexibility index (Phi) is 6.84. The second-order valence-electron chi connectivity index (χ2n) is 8.68. The Bertz CT molecular complexity index is 854. The maximum Gasteiger partial charge on any atom is 0.311 e.